The molecule has 1 saturated carbocycles. The molecule has 0 heterocycles. The van der Waals surface area contributed by atoms with Crippen molar-refractivity contribution in [3.63, 3.8) is 0 Å². The molecule has 2 atom stereocenters. The van der Waals surface area contributed by atoms with Gasteiger partial charge in [0.1, 0.15) is 0 Å². The highest BCUT2D eigenvalue weighted by atomic mass is 35.5. The lowest BCUT2D eigenvalue weighted by Gasteiger charge is -2.16. The lowest BCUT2D eigenvalue weighted by molar-refractivity contribution is 0.350. The highest BCUT2D eigenvalue weighted by Gasteiger charge is 2.35. The lowest BCUT2D eigenvalue weighted by Crippen LogP contribution is -2.10. The highest BCUT2D eigenvalue weighted by molar-refractivity contribution is 5.85. The third-order valence-corrected chi connectivity index (χ3v) is 1.85. The molecule has 0 spiro atoms. The molecule has 0 amide bonds. The zero-order chi connectivity index (χ0) is 7.07. The van der Waals surface area contributed by atoms with Gasteiger partial charge >= 0.3 is 0 Å². The van der Waals surface area contributed by atoms with Crippen molar-refractivity contribution < 1.29 is 0 Å². The first-order chi connectivity index (χ1) is 3.99. The fourth-order valence-corrected chi connectivity index (χ4v) is 1.29. The van der Waals surface area contributed by atoms with Crippen LogP contribution < -0.4 is 5.73 Å². The number of hydrogen-bond acceptors (Lipinski definition) is 1. The van der Waals surface area contributed by atoms with Crippen LogP contribution in [0.3, 0.4) is 0 Å². The van der Waals surface area contributed by atoms with E-state index in [1.807, 2.05) is 0 Å². The first kappa shape index (κ1) is 10.2. The lowest BCUT2D eigenvalue weighted by atomic mass is 9.89. The summed E-state index contributed by atoms with van der Waals surface area (Å²) in [5.74, 6) is 0.838. The highest BCUT2D eigenvalue weighted by Crippen LogP contribution is 2.38. The van der Waals surface area contributed by atoms with Gasteiger partial charge in [-0.2, -0.15) is 0 Å². The summed E-state index contributed by atoms with van der Waals surface area (Å²) in [4.78, 5) is 0. The summed E-state index contributed by atoms with van der Waals surface area (Å²) >= 11 is 0. The minimum atomic E-state index is 0. The molecule has 0 bridgehead atoms. The topological polar surface area (TPSA) is 26.0 Å². The van der Waals surface area contributed by atoms with Gasteiger partial charge in [-0.25, -0.2) is 0 Å². The van der Waals surface area contributed by atoms with Crippen LogP contribution in [0.1, 0.15) is 33.6 Å². The van der Waals surface area contributed by atoms with Crippen LogP contribution in [0.5, 0.6) is 0 Å². The molecule has 0 aromatic carbocycles. The quantitative estimate of drug-likeness (QED) is 0.630. The molecule has 0 saturated heterocycles. The van der Waals surface area contributed by atoms with Crippen molar-refractivity contribution in [1.29, 1.82) is 0 Å². The van der Waals surface area contributed by atoms with E-state index in [1.165, 1.54) is 12.8 Å². The van der Waals surface area contributed by atoms with Gasteiger partial charge in [0.05, 0.1) is 0 Å². The smallest absolute Gasteiger partial charge is 0.00711 e. The molecule has 1 aliphatic rings. The molecule has 0 unspecified atom stereocenters. The van der Waals surface area contributed by atoms with Gasteiger partial charge in [-0.05, 0) is 24.2 Å². The zero-order valence-corrected chi connectivity index (χ0v) is 7.87. The fraction of sp³-hybridized carbons (Fsp3) is 1.00. The Morgan fingerprint density at radius 2 is 1.80 bits per heavy atom. The summed E-state index contributed by atoms with van der Waals surface area (Å²) in [6.45, 7) is 6.83. The predicted octanol–water partition coefficient (Wildman–Crippen LogP) is 2.19. The van der Waals surface area contributed by atoms with E-state index in [1.54, 1.807) is 0 Å². The molecule has 1 nitrogen and oxygen atoms in total. The Labute approximate surface area is 69.8 Å². The normalized spacial score (nSPS) is 31.2. The maximum Gasteiger partial charge on any atom is 0.00711 e. The van der Waals surface area contributed by atoms with Gasteiger partial charge in [0.15, 0.2) is 0 Å². The average molecular weight is 164 g/mol. The van der Waals surface area contributed by atoms with Gasteiger partial charge in [0, 0.05) is 6.04 Å². The monoisotopic (exact) mass is 163 g/mol. The van der Waals surface area contributed by atoms with Gasteiger partial charge in [-0.3, -0.25) is 0 Å². The maximum absolute atomic E-state index is 5.67. The second-order valence-electron chi connectivity index (χ2n) is 4.42. The summed E-state index contributed by atoms with van der Waals surface area (Å²) in [7, 11) is 0. The van der Waals surface area contributed by atoms with Crippen molar-refractivity contribution in [3.05, 3.63) is 0 Å². The number of halogens is 1. The third-order valence-electron chi connectivity index (χ3n) is 1.85. The van der Waals surface area contributed by atoms with E-state index in [9.17, 15) is 0 Å². The van der Waals surface area contributed by atoms with Crippen molar-refractivity contribution in [3.8, 4) is 0 Å². The van der Waals surface area contributed by atoms with E-state index in [2.05, 4.69) is 20.8 Å². The van der Waals surface area contributed by atoms with Gasteiger partial charge in [-0.15, -0.1) is 12.4 Å². The number of hydrogen-bond donors (Lipinski definition) is 1. The van der Waals surface area contributed by atoms with Crippen LogP contribution in [-0.2, 0) is 0 Å². The molecule has 1 rings (SSSR count). The SMILES string of the molecule is CC(C)(C)C[C@@H]1C[C@H]1N.Cl. The summed E-state index contributed by atoms with van der Waals surface area (Å²) in [6, 6.07) is 0.532. The largest absolute Gasteiger partial charge is 0.327 e. The maximum atomic E-state index is 5.67. The van der Waals surface area contributed by atoms with Crippen LogP contribution in [0.25, 0.3) is 0 Å². The van der Waals surface area contributed by atoms with E-state index < -0.39 is 0 Å². The summed E-state index contributed by atoms with van der Waals surface area (Å²) < 4.78 is 0. The molecule has 0 radical (unpaired) electrons. The van der Waals surface area contributed by atoms with Crippen LogP contribution in [0.15, 0.2) is 0 Å². The Balaban J connectivity index is 0.000000810. The van der Waals surface area contributed by atoms with Crippen molar-refractivity contribution >= 4 is 12.4 Å². The van der Waals surface area contributed by atoms with E-state index in [0.717, 1.165) is 5.92 Å². The van der Waals surface area contributed by atoms with E-state index in [0.29, 0.717) is 11.5 Å². The molecule has 62 valence electrons. The molecule has 0 aromatic rings. The van der Waals surface area contributed by atoms with E-state index in [-0.39, 0.29) is 12.4 Å². The molecule has 2 N–H and O–H groups in total. The average Bonchev–Trinajstić information content (AvgIpc) is 2.13. The molecular formula is C8H18ClN. The molecule has 2 heteroatoms. The van der Waals surface area contributed by atoms with E-state index >= 15 is 0 Å². The Morgan fingerprint density at radius 3 is 1.90 bits per heavy atom. The van der Waals surface area contributed by atoms with Crippen LogP contribution in [-0.4, -0.2) is 6.04 Å². The zero-order valence-electron chi connectivity index (χ0n) is 7.05. The summed E-state index contributed by atoms with van der Waals surface area (Å²) in [5, 5.41) is 0. The molecule has 1 fully saturated rings. The number of nitrogens with two attached hydrogens (primary N) is 1. The molecule has 1 aliphatic carbocycles. The second-order valence-corrected chi connectivity index (χ2v) is 4.42. The van der Waals surface area contributed by atoms with Crippen LogP contribution >= 0.6 is 12.4 Å². The van der Waals surface area contributed by atoms with Crippen molar-refractivity contribution in [2.45, 2.75) is 39.7 Å². The number of rotatable bonds is 1. The Hall–Kier alpha value is 0.250. The van der Waals surface area contributed by atoms with Gasteiger partial charge in [0.25, 0.3) is 0 Å². The van der Waals surface area contributed by atoms with Crippen LogP contribution in [0.2, 0.25) is 0 Å². The first-order valence-electron chi connectivity index (χ1n) is 3.74. The molecule has 0 aliphatic heterocycles. The van der Waals surface area contributed by atoms with Crippen molar-refractivity contribution in [1.82, 2.24) is 0 Å². The molecular weight excluding hydrogens is 146 g/mol. The Morgan fingerprint density at radius 1 is 1.40 bits per heavy atom. The first-order valence-corrected chi connectivity index (χ1v) is 3.74. The second kappa shape index (κ2) is 3.10. The standard InChI is InChI=1S/C8H17N.ClH/c1-8(2,3)5-6-4-7(6)9;/h6-7H,4-5,9H2,1-3H3;1H/t6-,7+;/m0./s1. The minimum absolute atomic E-state index is 0. The van der Waals surface area contributed by atoms with Gasteiger partial charge in [-0.1, -0.05) is 20.8 Å². The van der Waals surface area contributed by atoms with Crippen molar-refractivity contribution in [2.24, 2.45) is 17.1 Å². The van der Waals surface area contributed by atoms with Crippen LogP contribution in [0, 0.1) is 11.3 Å². The van der Waals surface area contributed by atoms with Crippen LogP contribution in [0.4, 0.5) is 0 Å². The Bertz CT molecular complexity index is 106. The van der Waals surface area contributed by atoms with E-state index in [4.69, 9.17) is 5.73 Å². The van der Waals surface area contributed by atoms with Gasteiger partial charge < -0.3 is 5.73 Å². The predicted molar refractivity (Wildman–Crippen MR) is 47.4 cm³/mol. The third kappa shape index (κ3) is 3.43. The van der Waals surface area contributed by atoms with Gasteiger partial charge in [0.2, 0.25) is 0 Å². The molecule has 10 heavy (non-hydrogen) atoms. The van der Waals surface area contributed by atoms with Crippen molar-refractivity contribution in [2.75, 3.05) is 0 Å². The fourth-order valence-electron chi connectivity index (χ4n) is 1.29. The summed E-state index contributed by atoms with van der Waals surface area (Å²) in [5.41, 5.74) is 6.16. The Kier molecular flexibility index (Phi) is 3.18. The summed E-state index contributed by atoms with van der Waals surface area (Å²) in [6.07, 6.45) is 2.56. The molecule has 0 aromatic heterocycles. The minimum Gasteiger partial charge on any atom is -0.327 e.